The first kappa shape index (κ1) is 15.4. The van der Waals surface area contributed by atoms with Crippen LogP contribution in [0.15, 0.2) is 59.7 Å². The fourth-order valence-corrected chi connectivity index (χ4v) is 3.95. The molecule has 6 rings (SSSR count). The summed E-state index contributed by atoms with van der Waals surface area (Å²) in [5, 5.41) is 0. The van der Waals surface area contributed by atoms with Gasteiger partial charge in [-0.15, -0.1) is 0 Å². The number of fused-ring (bicyclic) bond motifs is 3. The van der Waals surface area contributed by atoms with Gasteiger partial charge in [0.1, 0.15) is 11.5 Å². The number of aromatic amines is 1. The third-order valence-electron chi connectivity index (χ3n) is 5.53. The van der Waals surface area contributed by atoms with Crippen LogP contribution in [0.3, 0.4) is 0 Å². The fraction of sp³-hybridized carbons (Fsp3) is 0.190. The zero-order chi connectivity index (χ0) is 18.7. The lowest BCUT2D eigenvalue weighted by molar-refractivity contribution is 0.323. The molecule has 0 radical (unpaired) electrons. The number of imidazole rings is 1. The van der Waals surface area contributed by atoms with Gasteiger partial charge in [-0.2, -0.15) is 0 Å². The van der Waals surface area contributed by atoms with Crippen molar-refractivity contribution >= 4 is 11.2 Å². The molecule has 138 valence electrons. The maximum atomic E-state index is 12.3. The van der Waals surface area contributed by atoms with E-state index in [1.165, 1.54) is 0 Å². The smallest absolute Gasteiger partial charge is 0.332 e. The molecule has 7 nitrogen and oxygen atoms in total. The van der Waals surface area contributed by atoms with Crippen molar-refractivity contribution in [3.8, 4) is 23.1 Å². The van der Waals surface area contributed by atoms with Crippen molar-refractivity contribution in [3.05, 3.63) is 70.9 Å². The van der Waals surface area contributed by atoms with Crippen LogP contribution in [0.25, 0.3) is 16.9 Å². The minimum atomic E-state index is -0.252. The number of nitrogens with one attached hydrogen (secondary N) is 1. The summed E-state index contributed by atoms with van der Waals surface area (Å²) in [6.45, 7) is 0.729. The van der Waals surface area contributed by atoms with Crippen molar-refractivity contribution < 1.29 is 9.47 Å². The largest absolute Gasteiger partial charge is 0.492 e. The average Bonchev–Trinajstić information content (AvgIpc) is 3.28. The monoisotopic (exact) mass is 372 g/mol. The highest BCUT2D eigenvalue weighted by atomic mass is 16.5. The van der Waals surface area contributed by atoms with Gasteiger partial charge in [0.05, 0.1) is 24.0 Å². The summed E-state index contributed by atoms with van der Waals surface area (Å²) in [5.74, 6) is 2.18. The van der Waals surface area contributed by atoms with E-state index < -0.39 is 0 Å². The second-order valence-corrected chi connectivity index (χ2v) is 7.29. The number of ether oxygens (including phenoxy) is 2. The molecular formula is C21H16N4O3. The average molecular weight is 372 g/mol. The van der Waals surface area contributed by atoms with Gasteiger partial charge >= 0.3 is 5.69 Å². The van der Waals surface area contributed by atoms with E-state index in [0.29, 0.717) is 22.7 Å². The highest BCUT2D eigenvalue weighted by Gasteiger charge is 2.52. The van der Waals surface area contributed by atoms with E-state index in [2.05, 4.69) is 15.0 Å². The van der Waals surface area contributed by atoms with Crippen molar-refractivity contribution in [1.82, 2.24) is 19.5 Å². The fourth-order valence-electron chi connectivity index (χ4n) is 3.95. The number of hydrogen-bond acceptors (Lipinski definition) is 5. The van der Waals surface area contributed by atoms with E-state index in [9.17, 15) is 4.79 Å². The lowest BCUT2D eigenvalue weighted by Gasteiger charge is -2.12. The van der Waals surface area contributed by atoms with Gasteiger partial charge in [0, 0.05) is 23.2 Å². The first-order valence-corrected chi connectivity index (χ1v) is 9.20. The molecule has 2 aliphatic rings. The molecule has 4 aromatic rings. The lowest BCUT2D eigenvalue weighted by Crippen LogP contribution is -2.14. The van der Waals surface area contributed by atoms with Crippen LogP contribution in [0.5, 0.6) is 17.4 Å². The van der Waals surface area contributed by atoms with Gasteiger partial charge in [0.2, 0.25) is 5.88 Å². The van der Waals surface area contributed by atoms with Crippen LogP contribution in [-0.2, 0) is 5.41 Å². The molecule has 1 spiro atoms. The highest BCUT2D eigenvalue weighted by Crippen LogP contribution is 2.58. The molecule has 0 saturated heterocycles. The molecule has 0 unspecified atom stereocenters. The van der Waals surface area contributed by atoms with Crippen LogP contribution in [0.2, 0.25) is 0 Å². The number of benzene rings is 1. The number of hydrogen-bond donors (Lipinski definition) is 1. The molecule has 28 heavy (non-hydrogen) atoms. The normalized spacial score (nSPS) is 16.1. The van der Waals surface area contributed by atoms with E-state index in [1.54, 1.807) is 29.1 Å². The van der Waals surface area contributed by atoms with Crippen LogP contribution in [0, 0.1) is 0 Å². The first-order valence-electron chi connectivity index (χ1n) is 9.20. The van der Waals surface area contributed by atoms with E-state index >= 15 is 0 Å². The van der Waals surface area contributed by atoms with E-state index in [-0.39, 0.29) is 11.1 Å². The molecule has 0 amide bonds. The molecule has 1 N–H and O–H groups in total. The maximum Gasteiger partial charge on any atom is 0.332 e. The molecule has 0 atom stereocenters. The quantitative estimate of drug-likeness (QED) is 0.597. The third kappa shape index (κ3) is 2.19. The van der Waals surface area contributed by atoms with Crippen molar-refractivity contribution in [2.24, 2.45) is 0 Å². The number of nitrogens with zero attached hydrogens (tertiary/aromatic N) is 3. The Morgan fingerprint density at radius 3 is 2.86 bits per heavy atom. The third-order valence-corrected chi connectivity index (χ3v) is 5.53. The molecule has 1 aliphatic carbocycles. The number of H-pyrrole nitrogens is 1. The summed E-state index contributed by atoms with van der Waals surface area (Å²) in [4.78, 5) is 23.7. The van der Waals surface area contributed by atoms with Gasteiger partial charge < -0.3 is 9.47 Å². The SMILES string of the molecule is O=c1[nH]c2ncccc2n1-c1ccc(Oc2cccc3c2C2(CC2)CO3)nc1. The number of rotatable bonds is 3. The molecule has 1 aromatic carbocycles. The van der Waals surface area contributed by atoms with Gasteiger partial charge in [-0.3, -0.25) is 9.55 Å². The molecule has 3 aromatic heterocycles. The molecule has 4 heterocycles. The minimum absolute atomic E-state index is 0.121. The summed E-state index contributed by atoms with van der Waals surface area (Å²) in [7, 11) is 0. The summed E-state index contributed by atoms with van der Waals surface area (Å²) in [6, 6.07) is 13.1. The second kappa shape index (κ2) is 5.45. The first-order chi connectivity index (χ1) is 13.7. The van der Waals surface area contributed by atoms with E-state index in [4.69, 9.17) is 9.47 Å². The number of aromatic nitrogens is 4. The Morgan fingerprint density at radius 2 is 2.04 bits per heavy atom. The summed E-state index contributed by atoms with van der Waals surface area (Å²) < 4.78 is 13.5. The van der Waals surface area contributed by atoms with E-state index in [0.717, 1.165) is 36.5 Å². The Kier molecular flexibility index (Phi) is 3.01. The minimum Gasteiger partial charge on any atom is -0.492 e. The van der Waals surface area contributed by atoms with Crippen LogP contribution < -0.4 is 15.2 Å². The summed E-state index contributed by atoms with van der Waals surface area (Å²) >= 11 is 0. The molecule has 7 heteroatoms. The van der Waals surface area contributed by atoms with E-state index in [1.807, 2.05) is 30.3 Å². The van der Waals surface area contributed by atoms with Gasteiger partial charge in [0.25, 0.3) is 0 Å². The molecular weight excluding hydrogens is 356 g/mol. The Bertz CT molecular complexity index is 1270. The van der Waals surface area contributed by atoms with Crippen molar-refractivity contribution in [2.75, 3.05) is 6.61 Å². The maximum absolute atomic E-state index is 12.3. The zero-order valence-electron chi connectivity index (χ0n) is 14.9. The predicted molar refractivity (Wildman–Crippen MR) is 102 cm³/mol. The second-order valence-electron chi connectivity index (χ2n) is 7.29. The number of pyridine rings is 2. The Morgan fingerprint density at radius 1 is 1.11 bits per heavy atom. The molecule has 1 aliphatic heterocycles. The topological polar surface area (TPSA) is 82.0 Å². The van der Waals surface area contributed by atoms with Gasteiger partial charge in [-0.05, 0) is 43.2 Å². The predicted octanol–water partition coefficient (Wildman–Crippen LogP) is 3.33. The summed E-state index contributed by atoms with van der Waals surface area (Å²) in [6.07, 6.45) is 5.53. The van der Waals surface area contributed by atoms with Gasteiger partial charge in [0.15, 0.2) is 5.65 Å². The van der Waals surface area contributed by atoms with Gasteiger partial charge in [-0.1, -0.05) is 6.07 Å². The highest BCUT2D eigenvalue weighted by molar-refractivity contribution is 5.72. The van der Waals surface area contributed by atoms with Crippen molar-refractivity contribution in [1.29, 1.82) is 0 Å². The Hall–Kier alpha value is -3.61. The molecule has 1 fully saturated rings. The molecule has 1 saturated carbocycles. The standard InChI is InChI=1S/C21H16N4O3/c26-20-24-19-14(3-2-10-22-19)25(20)13-6-7-17(23-11-13)28-16-5-1-4-15-18(16)21(8-9-21)12-27-15/h1-7,10-11H,8-9,12H2,(H,22,24,26). The van der Waals surface area contributed by atoms with Crippen LogP contribution in [0.1, 0.15) is 18.4 Å². The zero-order valence-corrected chi connectivity index (χ0v) is 14.9. The van der Waals surface area contributed by atoms with Crippen LogP contribution in [0.4, 0.5) is 0 Å². The van der Waals surface area contributed by atoms with Crippen molar-refractivity contribution in [2.45, 2.75) is 18.3 Å². The Balaban J connectivity index is 1.36. The summed E-state index contributed by atoms with van der Waals surface area (Å²) in [5.41, 5.74) is 2.92. The van der Waals surface area contributed by atoms with Crippen LogP contribution in [-0.4, -0.2) is 26.1 Å². The van der Waals surface area contributed by atoms with Crippen molar-refractivity contribution in [3.63, 3.8) is 0 Å². The lowest BCUT2D eigenvalue weighted by atomic mass is 9.97. The molecule has 0 bridgehead atoms. The van der Waals surface area contributed by atoms with Crippen LogP contribution >= 0.6 is 0 Å². The Labute approximate surface area is 159 Å². The van der Waals surface area contributed by atoms with Gasteiger partial charge in [-0.25, -0.2) is 14.8 Å².